The summed E-state index contributed by atoms with van der Waals surface area (Å²) in [5, 5.41) is 16.0. The summed E-state index contributed by atoms with van der Waals surface area (Å²) in [5.74, 6) is 0. The molecule has 4 aromatic carbocycles. The first-order valence-corrected chi connectivity index (χ1v) is 6.16. The van der Waals surface area contributed by atoms with Gasteiger partial charge in [0.15, 0.2) is 0 Å². The second-order valence-corrected chi connectivity index (χ2v) is 4.81. The molecule has 0 radical (unpaired) electrons. The van der Waals surface area contributed by atoms with Crippen LogP contribution < -0.4 is 5.73 Å². The molecule has 0 heterocycles. The van der Waals surface area contributed by atoms with E-state index >= 15 is 0 Å². The number of anilines is 1. The van der Waals surface area contributed by atoms with Crippen LogP contribution in [-0.2, 0) is 0 Å². The molecule has 0 bridgehead atoms. The van der Waals surface area contributed by atoms with Gasteiger partial charge < -0.3 is 5.73 Å². The van der Waals surface area contributed by atoms with Gasteiger partial charge in [0.2, 0.25) is 0 Å². The third-order valence-corrected chi connectivity index (χ3v) is 3.81. The average molecular weight is 242 g/mol. The number of nitrogen functional groups attached to an aromatic ring is 1. The molecule has 0 amide bonds. The van der Waals surface area contributed by atoms with Crippen LogP contribution in [0, 0.1) is 11.3 Å². The fourth-order valence-corrected chi connectivity index (χ4v) is 2.92. The molecule has 0 saturated carbocycles. The van der Waals surface area contributed by atoms with Crippen molar-refractivity contribution in [2.45, 2.75) is 0 Å². The molecule has 0 aliphatic carbocycles. The van der Waals surface area contributed by atoms with Gasteiger partial charge in [0.25, 0.3) is 0 Å². The summed E-state index contributed by atoms with van der Waals surface area (Å²) in [6.07, 6.45) is 0. The number of nitrogens with two attached hydrogens (primary N) is 1. The van der Waals surface area contributed by atoms with E-state index in [0.717, 1.165) is 16.2 Å². The number of nitrogens with zero attached hydrogens (tertiary/aromatic N) is 1. The van der Waals surface area contributed by atoms with Crippen molar-refractivity contribution in [3.63, 3.8) is 0 Å². The van der Waals surface area contributed by atoms with Crippen LogP contribution in [0.2, 0.25) is 0 Å². The van der Waals surface area contributed by atoms with E-state index in [1.54, 1.807) is 0 Å². The Morgan fingerprint density at radius 3 is 2.26 bits per heavy atom. The van der Waals surface area contributed by atoms with Gasteiger partial charge in [-0.3, -0.25) is 0 Å². The van der Waals surface area contributed by atoms with Crippen LogP contribution in [-0.4, -0.2) is 0 Å². The van der Waals surface area contributed by atoms with Crippen molar-refractivity contribution in [3.05, 3.63) is 54.1 Å². The smallest absolute Gasteiger partial charge is 0.101 e. The quantitative estimate of drug-likeness (QED) is 0.373. The molecule has 88 valence electrons. The monoisotopic (exact) mass is 242 g/mol. The highest BCUT2D eigenvalue weighted by Gasteiger charge is 2.12. The van der Waals surface area contributed by atoms with Crippen molar-refractivity contribution in [3.8, 4) is 6.07 Å². The average Bonchev–Trinajstić information content (AvgIpc) is 2.46. The van der Waals surface area contributed by atoms with Crippen LogP contribution in [0.25, 0.3) is 32.3 Å². The minimum absolute atomic E-state index is 0.547. The first kappa shape index (κ1) is 10.2. The summed E-state index contributed by atoms with van der Waals surface area (Å²) in [6.45, 7) is 0. The maximum atomic E-state index is 9.17. The Balaban J connectivity index is 2.42. The molecule has 0 aliphatic heterocycles. The topological polar surface area (TPSA) is 49.8 Å². The van der Waals surface area contributed by atoms with Crippen molar-refractivity contribution in [1.82, 2.24) is 0 Å². The predicted octanol–water partition coefficient (Wildman–Crippen LogP) is 4.04. The maximum absolute atomic E-state index is 9.17. The lowest BCUT2D eigenvalue weighted by atomic mass is 9.92. The second kappa shape index (κ2) is 3.37. The standard InChI is InChI=1S/C17H10N2/c18-9-13-8-12-5-4-10-2-1-3-11-6-7-14(17(13)19)16(12)15(10)11/h1-8H,19H2. The maximum Gasteiger partial charge on any atom is 0.101 e. The van der Waals surface area contributed by atoms with Gasteiger partial charge in [0.05, 0.1) is 11.3 Å². The fourth-order valence-electron chi connectivity index (χ4n) is 2.92. The van der Waals surface area contributed by atoms with Gasteiger partial charge in [-0.1, -0.05) is 42.5 Å². The van der Waals surface area contributed by atoms with Gasteiger partial charge in [-0.25, -0.2) is 0 Å². The lowest BCUT2D eigenvalue weighted by molar-refractivity contribution is 1.50. The van der Waals surface area contributed by atoms with E-state index in [1.807, 2.05) is 12.1 Å². The van der Waals surface area contributed by atoms with Crippen molar-refractivity contribution in [2.24, 2.45) is 0 Å². The zero-order valence-corrected chi connectivity index (χ0v) is 10.1. The number of hydrogen-bond acceptors (Lipinski definition) is 2. The van der Waals surface area contributed by atoms with Gasteiger partial charge in [-0.05, 0) is 33.0 Å². The van der Waals surface area contributed by atoms with Crippen LogP contribution in [0.1, 0.15) is 5.56 Å². The first-order valence-electron chi connectivity index (χ1n) is 6.16. The van der Waals surface area contributed by atoms with Crippen LogP contribution in [0.15, 0.2) is 48.5 Å². The molecule has 4 aromatic rings. The summed E-state index contributed by atoms with van der Waals surface area (Å²) in [6, 6.07) is 18.6. The molecule has 19 heavy (non-hydrogen) atoms. The minimum Gasteiger partial charge on any atom is -0.397 e. The first-order chi connectivity index (χ1) is 9.29. The molecule has 0 aromatic heterocycles. The Bertz CT molecular complexity index is 961. The van der Waals surface area contributed by atoms with Crippen LogP contribution in [0.3, 0.4) is 0 Å². The molecule has 0 fully saturated rings. The van der Waals surface area contributed by atoms with Crippen molar-refractivity contribution in [1.29, 1.82) is 5.26 Å². The van der Waals surface area contributed by atoms with Crippen molar-refractivity contribution < 1.29 is 0 Å². The van der Waals surface area contributed by atoms with Gasteiger partial charge >= 0.3 is 0 Å². The molecule has 0 spiro atoms. The third-order valence-electron chi connectivity index (χ3n) is 3.81. The molecule has 4 rings (SSSR count). The molecule has 0 unspecified atom stereocenters. The highest BCUT2D eigenvalue weighted by Crippen LogP contribution is 2.38. The number of benzene rings is 4. The molecule has 2 nitrogen and oxygen atoms in total. The fraction of sp³-hybridized carbons (Fsp3) is 0. The van der Waals surface area contributed by atoms with E-state index in [4.69, 9.17) is 5.73 Å². The Morgan fingerprint density at radius 1 is 0.842 bits per heavy atom. The highest BCUT2D eigenvalue weighted by atomic mass is 14.6. The van der Waals surface area contributed by atoms with E-state index in [2.05, 4.69) is 42.5 Å². The lowest BCUT2D eigenvalue weighted by Crippen LogP contribution is -1.94. The number of rotatable bonds is 0. The van der Waals surface area contributed by atoms with Crippen LogP contribution >= 0.6 is 0 Å². The van der Waals surface area contributed by atoms with Crippen molar-refractivity contribution in [2.75, 3.05) is 5.73 Å². The molecule has 0 saturated heterocycles. The summed E-state index contributed by atoms with van der Waals surface area (Å²) in [5.41, 5.74) is 7.24. The molecule has 2 N–H and O–H groups in total. The Hall–Kier alpha value is -2.79. The summed E-state index contributed by atoms with van der Waals surface area (Å²) < 4.78 is 0. The molecular formula is C17H10N2. The number of nitriles is 1. The van der Waals surface area contributed by atoms with Crippen molar-refractivity contribution >= 4 is 38.0 Å². The van der Waals surface area contributed by atoms with E-state index in [0.29, 0.717) is 11.3 Å². The van der Waals surface area contributed by atoms with E-state index in [-0.39, 0.29) is 0 Å². The molecule has 0 atom stereocenters. The van der Waals surface area contributed by atoms with Gasteiger partial charge in [0.1, 0.15) is 6.07 Å². The Kier molecular flexibility index (Phi) is 1.80. The van der Waals surface area contributed by atoms with E-state index in [1.165, 1.54) is 16.2 Å². The molecule has 0 aliphatic rings. The Labute approximate surface area is 110 Å². The zero-order chi connectivity index (χ0) is 13.0. The highest BCUT2D eigenvalue weighted by molar-refractivity contribution is 6.25. The predicted molar refractivity (Wildman–Crippen MR) is 79.3 cm³/mol. The third kappa shape index (κ3) is 1.19. The number of hydrogen-bond donors (Lipinski definition) is 1. The van der Waals surface area contributed by atoms with Crippen LogP contribution in [0.4, 0.5) is 5.69 Å². The summed E-state index contributed by atoms with van der Waals surface area (Å²) >= 11 is 0. The second-order valence-electron chi connectivity index (χ2n) is 4.81. The zero-order valence-electron chi connectivity index (χ0n) is 10.1. The van der Waals surface area contributed by atoms with Crippen LogP contribution in [0.5, 0.6) is 0 Å². The minimum atomic E-state index is 0.547. The molecular weight excluding hydrogens is 232 g/mol. The Morgan fingerprint density at radius 2 is 1.53 bits per heavy atom. The normalized spacial score (nSPS) is 11.3. The van der Waals surface area contributed by atoms with E-state index < -0.39 is 0 Å². The summed E-state index contributed by atoms with van der Waals surface area (Å²) in [7, 11) is 0. The lowest BCUT2D eigenvalue weighted by Gasteiger charge is -2.12. The van der Waals surface area contributed by atoms with E-state index in [9.17, 15) is 5.26 Å². The van der Waals surface area contributed by atoms with Gasteiger partial charge in [-0.15, -0.1) is 0 Å². The summed E-state index contributed by atoms with van der Waals surface area (Å²) in [4.78, 5) is 0. The SMILES string of the molecule is N#Cc1cc2ccc3cccc4ccc(c1N)c2c34. The van der Waals surface area contributed by atoms with Gasteiger partial charge in [-0.2, -0.15) is 5.26 Å². The van der Waals surface area contributed by atoms with Gasteiger partial charge in [0, 0.05) is 5.39 Å². The molecule has 2 heteroatoms. The largest absolute Gasteiger partial charge is 0.397 e.